The van der Waals surface area contributed by atoms with Crippen LogP contribution < -0.4 is 0 Å². The Hall–Kier alpha value is -2.40. The molecule has 0 bridgehead atoms. The first-order valence-electron chi connectivity index (χ1n) is 9.72. The Labute approximate surface area is 159 Å². The number of benzene rings is 2. The molecule has 2 aromatic carbocycles. The highest BCUT2D eigenvalue weighted by molar-refractivity contribution is 5.94. The fourth-order valence-electron chi connectivity index (χ4n) is 3.27. The zero-order valence-electron chi connectivity index (χ0n) is 16.0. The Bertz CT molecular complexity index is 866. The number of hydrogen-bond donors (Lipinski definition) is 1. The van der Waals surface area contributed by atoms with E-state index in [0.717, 1.165) is 55.3 Å². The van der Waals surface area contributed by atoms with Crippen LogP contribution in [0.5, 0.6) is 5.75 Å². The molecule has 0 aliphatic rings. The largest absolute Gasteiger partial charge is 0.507 e. The van der Waals surface area contributed by atoms with Gasteiger partial charge in [-0.15, -0.1) is 0 Å². The molecule has 0 fully saturated rings. The Morgan fingerprint density at radius 1 is 1.00 bits per heavy atom. The molecule has 0 spiro atoms. The summed E-state index contributed by atoms with van der Waals surface area (Å²) in [6.07, 6.45) is 4.51. The van der Waals surface area contributed by atoms with Crippen LogP contribution in [0, 0.1) is 5.82 Å². The summed E-state index contributed by atoms with van der Waals surface area (Å²) in [6, 6.07) is 9.70. The molecule has 27 heavy (non-hydrogen) atoms. The van der Waals surface area contributed by atoms with Gasteiger partial charge >= 0.3 is 0 Å². The highest BCUT2D eigenvalue weighted by Gasteiger charge is 2.19. The smallest absolute Gasteiger partial charge is 0.175 e. The van der Waals surface area contributed by atoms with Crippen molar-refractivity contribution in [3.05, 3.63) is 47.8 Å². The molecular formula is C22H27FN2O2. The molecule has 0 saturated heterocycles. The topological polar surface area (TPSA) is 49.5 Å². The lowest BCUT2D eigenvalue weighted by molar-refractivity contribution is 0.253. The third kappa shape index (κ3) is 4.48. The fourth-order valence-corrected chi connectivity index (χ4v) is 3.27. The van der Waals surface area contributed by atoms with Crippen molar-refractivity contribution in [2.24, 2.45) is 0 Å². The summed E-state index contributed by atoms with van der Waals surface area (Å²) < 4.78 is 18.8. The number of fused-ring (bicyclic) bond motifs is 1. The van der Waals surface area contributed by atoms with Gasteiger partial charge in [0.1, 0.15) is 17.3 Å². The average Bonchev–Trinajstić information content (AvgIpc) is 3.10. The highest BCUT2D eigenvalue weighted by Crippen LogP contribution is 2.34. The van der Waals surface area contributed by atoms with Crippen molar-refractivity contribution in [1.82, 2.24) is 10.1 Å². The molecule has 5 heteroatoms. The van der Waals surface area contributed by atoms with Crippen LogP contribution in [0.1, 0.15) is 45.1 Å². The maximum Gasteiger partial charge on any atom is 0.175 e. The van der Waals surface area contributed by atoms with Crippen molar-refractivity contribution in [1.29, 1.82) is 0 Å². The number of phenols is 1. The van der Waals surface area contributed by atoms with Gasteiger partial charge in [0, 0.05) is 12.1 Å². The molecule has 1 aromatic heterocycles. The molecule has 1 N–H and O–H groups in total. The number of rotatable bonds is 9. The minimum atomic E-state index is -0.285. The van der Waals surface area contributed by atoms with E-state index >= 15 is 0 Å². The molecule has 0 radical (unpaired) electrons. The van der Waals surface area contributed by atoms with Gasteiger partial charge in [0.2, 0.25) is 0 Å². The molecule has 0 unspecified atom stereocenters. The van der Waals surface area contributed by atoms with E-state index < -0.39 is 0 Å². The lowest BCUT2D eigenvalue weighted by Crippen LogP contribution is -2.25. The molecule has 4 nitrogen and oxygen atoms in total. The summed E-state index contributed by atoms with van der Waals surface area (Å²) in [6.45, 7) is 6.97. The van der Waals surface area contributed by atoms with Gasteiger partial charge < -0.3 is 9.63 Å². The zero-order chi connectivity index (χ0) is 19.2. The molecule has 3 aromatic rings. The van der Waals surface area contributed by atoms with Crippen molar-refractivity contribution < 1.29 is 14.0 Å². The number of phenolic OH excluding ortho intramolecular Hbond substituents is 1. The van der Waals surface area contributed by atoms with E-state index in [4.69, 9.17) is 4.52 Å². The lowest BCUT2D eigenvalue weighted by Gasteiger charge is -2.22. The summed E-state index contributed by atoms with van der Waals surface area (Å²) in [5.41, 5.74) is 2.83. The van der Waals surface area contributed by atoms with Gasteiger partial charge in [-0.25, -0.2) is 4.39 Å². The predicted octanol–water partition coefficient (Wildman–Crippen LogP) is 5.74. The molecule has 0 aliphatic carbocycles. The summed E-state index contributed by atoms with van der Waals surface area (Å²) >= 11 is 0. The molecular weight excluding hydrogens is 343 g/mol. The standard InChI is InChI=1S/C22H27FN2O2/c1-3-5-13-25(14-6-4-2)15-19-20(26)12-11-18-21(24-27-22(18)19)16-7-9-17(23)10-8-16/h7-12,26H,3-6,13-15H2,1-2H3. The van der Waals surface area contributed by atoms with Gasteiger partial charge in [-0.2, -0.15) is 0 Å². The molecule has 3 rings (SSSR count). The van der Waals surface area contributed by atoms with Crippen molar-refractivity contribution in [2.75, 3.05) is 13.1 Å². The Balaban J connectivity index is 1.95. The summed E-state index contributed by atoms with van der Waals surface area (Å²) in [5, 5.41) is 15.5. The van der Waals surface area contributed by atoms with Crippen LogP contribution >= 0.6 is 0 Å². The Morgan fingerprint density at radius 2 is 1.67 bits per heavy atom. The monoisotopic (exact) mass is 370 g/mol. The zero-order valence-corrected chi connectivity index (χ0v) is 16.0. The molecule has 0 amide bonds. The quantitative estimate of drug-likeness (QED) is 0.522. The van der Waals surface area contributed by atoms with E-state index in [2.05, 4.69) is 23.9 Å². The van der Waals surface area contributed by atoms with E-state index in [9.17, 15) is 9.50 Å². The van der Waals surface area contributed by atoms with E-state index in [1.807, 2.05) is 6.07 Å². The van der Waals surface area contributed by atoms with Crippen molar-refractivity contribution in [3.63, 3.8) is 0 Å². The second-order valence-corrected chi connectivity index (χ2v) is 6.96. The number of nitrogens with zero attached hydrogens (tertiary/aromatic N) is 2. The first-order chi connectivity index (χ1) is 13.1. The molecule has 1 heterocycles. The highest BCUT2D eigenvalue weighted by atomic mass is 19.1. The number of aromatic nitrogens is 1. The Morgan fingerprint density at radius 3 is 2.30 bits per heavy atom. The van der Waals surface area contributed by atoms with Crippen molar-refractivity contribution in [3.8, 4) is 17.0 Å². The first kappa shape index (κ1) is 19.4. The minimum absolute atomic E-state index is 0.224. The molecule has 0 atom stereocenters. The summed E-state index contributed by atoms with van der Waals surface area (Å²) in [5.74, 6) is -0.0605. The maximum absolute atomic E-state index is 13.2. The van der Waals surface area contributed by atoms with E-state index in [1.54, 1.807) is 18.2 Å². The number of halogens is 1. The van der Waals surface area contributed by atoms with E-state index in [0.29, 0.717) is 17.8 Å². The molecule has 0 aliphatic heterocycles. The van der Waals surface area contributed by atoms with Crippen LogP contribution in [-0.2, 0) is 6.54 Å². The summed E-state index contributed by atoms with van der Waals surface area (Å²) in [7, 11) is 0. The van der Waals surface area contributed by atoms with Crippen LogP contribution in [-0.4, -0.2) is 28.3 Å². The number of unbranched alkanes of at least 4 members (excludes halogenated alkanes) is 2. The predicted molar refractivity (Wildman–Crippen MR) is 106 cm³/mol. The van der Waals surface area contributed by atoms with Crippen molar-refractivity contribution >= 4 is 11.0 Å². The third-order valence-electron chi connectivity index (χ3n) is 4.87. The SMILES string of the molecule is CCCCN(CCCC)Cc1c(O)ccc2c(-c3ccc(F)cc3)noc12. The second-order valence-electron chi connectivity index (χ2n) is 6.96. The minimum Gasteiger partial charge on any atom is -0.507 e. The molecule has 0 saturated carbocycles. The van der Waals surface area contributed by atoms with Crippen LogP contribution in [0.15, 0.2) is 40.9 Å². The average molecular weight is 370 g/mol. The van der Waals surface area contributed by atoms with Crippen LogP contribution in [0.25, 0.3) is 22.2 Å². The fraction of sp³-hybridized carbons (Fsp3) is 0.409. The Kier molecular flexibility index (Phi) is 6.45. The first-order valence-corrected chi connectivity index (χ1v) is 9.72. The van der Waals surface area contributed by atoms with Crippen LogP contribution in [0.4, 0.5) is 4.39 Å². The summed E-state index contributed by atoms with van der Waals surface area (Å²) in [4.78, 5) is 2.36. The van der Waals surface area contributed by atoms with Gasteiger partial charge in [-0.05, 0) is 62.3 Å². The third-order valence-corrected chi connectivity index (χ3v) is 4.87. The van der Waals surface area contributed by atoms with Gasteiger partial charge in [-0.3, -0.25) is 4.90 Å². The van der Waals surface area contributed by atoms with Crippen molar-refractivity contribution in [2.45, 2.75) is 46.1 Å². The van der Waals surface area contributed by atoms with Gasteiger partial charge in [-0.1, -0.05) is 31.8 Å². The number of hydrogen-bond acceptors (Lipinski definition) is 4. The van der Waals surface area contributed by atoms with Crippen LogP contribution in [0.2, 0.25) is 0 Å². The van der Waals surface area contributed by atoms with E-state index in [-0.39, 0.29) is 11.6 Å². The van der Waals surface area contributed by atoms with E-state index in [1.165, 1.54) is 12.1 Å². The lowest BCUT2D eigenvalue weighted by atomic mass is 10.0. The maximum atomic E-state index is 13.2. The van der Waals surface area contributed by atoms with Gasteiger partial charge in [0.25, 0.3) is 0 Å². The number of aromatic hydroxyl groups is 1. The molecule has 144 valence electrons. The van der Waals surface area contributed by atoms with Crippen LogP contribution in [0.3, 0.4) is 0 Å². The van der Waals surface area contributed by atoms with Gasteiger partial charge in [0.15, 0.2) is 5.58 Å². The second kappa shape index (κ2) is 9.00. The normalized spacial score (nSPS) is 11.6. The van der Waals surface area contributed by atoms with Gasteiger partial charge in [0.05, 0.1) is 10.9 Å².